The van der Waals surface area contributed by atoms with Gasteiger partial charge in [0.2, 0.25) is 0 Å². The SMILES string of the molecule is CC(C)(C)c1ccc(-n2c(-c3cc(C(C)(C)C)cc(C(C)(C)C)c3O)nc3c(-c4cc(-c5ccccc5)cc(-c5cc6c(cn5)oc5ccccc56)c4)cccc32)c(-c2ccccc2)c1. The van der Waals surface area contributed by atoms with Crippen LogP contribution >= 0.6 is 0 Å². The maximum Gasteiger partial charge on any atom is 0.153 e. The lowest BCUT2D eigenvalue weighted by Crippen LogP contribution is -2.17. The van der Waals surface area contributed by atoms with Crippen LogP contribution in [0.5, 0.6) is 5.75 Å². The number of rotatable bonds is 6. The second-order valence-corrected chi connectivity index (χ2v) is 20.5. The molecular formula is C60H55N3O2. The summed E-state index contributed by atoms with van der Waals surface area (Å²) in [6, 6.07) is 55.8. The van der Waals surface area contributed by atoms with E-state index in [1.165, 1.54) is 5.56 Å². The minimum atomic E-state index is -0.334. The summed E-state index contributed by atoms with van der Waals surface area (Å²) in [5, 5.41) is 14.7. The molecular weight excluding hydrogens is 795 g/mol. The Hall–Kier alpha value is -7.24. The van der Waals surface area contributed by atoms with Gasteiger partial charge >= 0.3 is 0 Å². The van der Waals surface area contributed by atoms with E-state index in [2.05, 4.69) is 206 Å². The fourth-order valence-electron chi connectivity index (χ4n) is 9.13. The molecule has 0 fully saturated rings. The summed E-state index contributed by atoms with van der Waals surface area (Å²) in [4.78, 5) is 10.7. The molecule has 1 N–H and O–H groups in total. The number of benzene rings is 7. The van der Waals surface area contributed by atoms with Crippen molar-refractivity contribution in [3.63, 3.8) is 0 Å². The first-order chi connectivity index (χ1) is 31.0. The molecule has 7 aromatic carbocycles. The molecule has 10 aromatic rings. The van der Waals surface area contributed by atoms with Crippen LogP contribution in [0.1, 0.15) is 79.0 Å². The number of nitrogens with zero attached hydrogens (tertiary/aromatic N) is 3. The lowest BCUT2D eigenvalue weighted by atomic mass is 9.79. The van der Waals surface area contributed by atoms with Crippen molar-refractivity contribution in [2.45, 2.75) is 78.6 Å². The van der Waals surface area contributed by atoms with Gasteiger partial charge in [-0.3, -0.25) is 9.55 Å². The van der Waals surface area contributed by atoms with Crippen LogP contribution in [0.3, 0.4) is 0 Å². The highest BCUT2D eigenvalue weighted by Gasteiger charge is 2.30. The van der Waals surface area contributed by atoms with E-state index >= 15 is 0 Å². The van der Waals surface area contributed by atoms with Crippen molar-refractivity contribution >= 4 is 33.0 Å². The first-order valence-electron chi connectivity index (χ1n) is 22.6. The maximum absolute atomic E-state index is 12.6. The molecule has 0 aliphatic rings. The van der Waals surface area contributed by atoms with Crippen LogP contribution < -0.4 is 0 Å². The van der Waals surface area contributed by atoms with Crippen LogP contribution in [0.2, 0.25) is 0 Å². The fourth-order valence-corrected chi connectivity index (χ4v) is 9.13. The highest BCUT2D eigenvalue weighted by atomic mass is 16.3. The largest absolute Gasteiger partial charge is 0.507 e. The molecule has 65 heavy (non-hydrogen) atoms. The van der Waals surface area contributed by atoms with Gasteiger partial charge in [0.25, 0.3) is 0 Å². The molecule has 0 unspecified atom stereocenters. The Balaban J connectivity index is 1.29. The maximum atomic E-state index is 12.6. The molecule has 0 saturated heterocycles. The van der Waals surface area contributed by atoms with E-state index < -0.39 is 0 Å². The van der Waals surface area contributed by atoms with Gasteiger partial charge in [-0.25, -0.2) is 4.98 Å². The topological polar surface area (TPSA) is 64.1 Å². The lowest BCUT2D eigenvalue weighted by molar-refractivity contribution is 0.446. The predicted molar refractivity (Wildman–Crippen MR) is 271 cm³/mol. The Morgan fingerprint density at radius 1 is 0.477 bits per heavy atom. The summed E-state index contributed by atoms with van der Waals surface area (Å²) in [6.07, 6.45) is 1.84. The molecule has 0 spiro atoms. The average molecular weight is 850 g/mol. The average Bonchev–Trinajstić information content (AvgIpc) is 3.87. The summed E-state index contributed by atoms with van der Waals surface area (Å²) in [7, 11) is 0. The molecule has 5 nitrogen and oxygen atoms in total. The first kappa shape index (κ1) is 41.8. The Bertz CT molecular complexity index is 3430. The van der Waals surface area contributed by atoms with Gasteiger partial charge in [-0.1, -0.05) is 165 Å². The molecule has 0 saturated carbocycles. The minimum Gasteiger partial charge on any atom is -0.507 e. The van der Waals surface area contributed by atoms with Gasteiger partial charge in [0.1, 0.15) is 17.2 Å². The predicted octanol–water partition coefficient (Wildman–Crippen LogP) is 16.3. The highest BCUT2D eigenvalue weighted by molar-refractivity contribution is 6.06. The van der Waals surface area contributed by atoms with E-state index in [0.717, 1.165) is 94.4 Å². The zero-order valence-electron chi connectivity index (χ0n) is 38.8. The molecule has 0 atom stereocenters. The number of para-hydroxylation sites is 2. The zero-order chi connectivity index (χ0) is 45.4. The van der Waals surface area contributed by atoms with Crippen LogP contribution in [0, 0.1) is 0 Å². The lowest BCUT2D eigenvalue weighted by Gasteiger charge is -2.28. The van der Waals surface area contributed by atoms with Gasteiger partial charge in [-0.05, 0) is 104 Å². The number of phenolic OH excluding ortho intramolecular Hbond substituents is 1. The number of aromatic hydroxyl groups is 1. The molecule has 3 heterocycles. The van der Waals surface area contributed by atoms with Crippen LogP contribution in [0.4, 0.5) is 0 Å². The molecule has 0 amide bonds. The van der Waals surface area contributed by atoms with Crippen molar-refractivity contribution < 1.29 is 9.52 Å². The van der Waals surface area contributed by atoms with Crippen molar-refractivity contribution in [1.29, 1.82) is 0 Å². The van der Waals surface area contributed by atoms with Crippen LogP contribution in [-0.2, 0) is 16.2 Å². The van der Waals surface area contributed by atoms with Gasteiger partial charge < -0.3 is 9.52 Å². The molecule has 3 aromatic heterocycles. The second kappa shape index (κ2) is 15.5. The summed E-state index contributed by atoms with van der Waals surface area (Å²) < 4.78 is 8.47. The van der Waals surface area contributed by atoms with E-state index in [0.29, 0.717) is 11.4 Å². The third-order valence-electron chi connectivity index (χ3n) is 12.8. The quantitative estimate of drug-likeness (QED) is 0.181. The van der Waals surface area contributed by atoms with Crippen molar-refractivity contribution in [1.82, 2.24) is 14.5 Å². The molecule has 10 rings (SSSR count). The van der Waals surface area contributed by atoms with Crippen LogP contribution in [-0.4, -0.2) is 19.6 Å². The number of imidazole rings is 1. The molecule has 0 aliphatic heterocycles. The van der Waals surface area contributed by atoms with Gasteiger partial charge in [-0.15, -0.1) is 0 Å². The molecule has 5 heteroatoms. The van der Waals surface area contributed by atoms with E-state index in [4.69, 9.17) is 14.4 Å². The Kier molecular flexibility index (Phi) is 9.95. The second-order valence-electron chi connectivity index (χ2n) is 20.5. The molecule has 0 aliphatic carbocycles. The van der Waals surface area contributed by atoms with Crippen LogP contribution in [0.25, 0.3) is 94.7 Å². The highest BCUT2D eigenvalue weighted by Crippen LogP contribution is 2.46. The van der Waals surface area contributed by atoms with Crippen molar-refractivity contribution in [2.24, 2.45) is 0 Å². The summed E-state index contributed by atoms with van der Waals surface area (Å²) in [5.74, 6) is 0.929. The summed E-state index contributed by atoms with van der Waals surface area (Å²) in [6.45, 7) is 20.0. The normalized spacial score (nSPS) is 12.4. The van der Waals surface area contributed by atoms with Crippen molar-refractivity contribution in [3.05, 3.63) is 181 Å². The van der Waals surface area contributed by atoms with E-state index in [1.807, 2.05) is 24.4 Å². The Morgan fingerprint density at radius 3 is 1.83 bits per heavy atom. The zero-order valence-corrected chi connectivity index (χ0v) is 38.8. The Labute approximate surface area is 382 Å². The van der Waals surface area contributed by atoms with Crippen molar-refractivity contribution in [2.75, 3.05) is 0 Å². The Morgan fingerprint density at radius 2 is 1.12 bits per heavy atom. The van der Waals surface area contributed by atoms with Gasteiger partial charge in [0, 0.05) is 33.0 Å². The molecule has 0 bridgehead atoms. The van der Waals surface area contributed by atoms with Gasteiger partial charge in [-0.2, -0.15) is 0 Å². The van der Waals surface area contributed by atoms with Crippen molar-refractivity contribution in [3.8, 4) is 67.5 Å². The third-order valence-corrected chi connectivity index (χ3v) is 12.8. The third kappa shape index (κ3) is 7.59. The number of fused-ring (bicyclic) bond motifs is 4. The number of hydrogen-bond acceptors (Lipinski definition) is 4. The smallest absolute Gasteiger partial charge is 0.153 e. The number of furan rings is 1. The van der Waals surface area contributed by atoms with Gasteiger partial charge in [0.05, 0.1) is 34.2 Å². The standard InChI is InChI=1S/C60H55N3O2/c1-58(2,3)42-27-28-51(46(32-42)38-21-14-11-15-22-38)63-52-25-18-24-44(55(52)62-57(63)48-33-43(59(4,5)6)34-49(56(48)64)60(7,8)9)40-29-39(37-19-12-10-13-20-37)30-41(31-40)50-35-47-45-23-16-17-26-53(45)65-54(47)36-61-50/h10-36,64H,1-9H3. The number of hydrogen-bond donors (Lipinski definition) is 1. The first-order valence-corrected chi connectivity index (χ1v) is 22.6. The summed E-state index contributed by atoms with van der Waals surface area (Å²) >= 11 is 0. The number of phenols is 1. The van der Waals surface area contributed by atoms with Gasteiger partial charge in [0.15, 0.2) is 5.58 Å². The fraction of sp³-hybridized carbons (Fsp3) is 0.200. The number of pyridine rings is 1. The minimum absolute atomic E-state index is 0.0818. The molecule has 0 radical (unpaired) electrons. The number of aromatic nitrogens is 3. The van der Waals surface area contributed by atoms with E-state index in [1.54, 1.807) is 0 Å². The van der Waals surface area contributed by atoms with Crippen LogP contribution in [0.15, 0.2) is 168 Å². The molecule has 322 valence electrons. The van der Waals surface area contributed by atoms with E-state index in [-0.39, 0.29) is 22.0 Å². The monoisotopic (exact) mass is 849 g/mol. The summed E-state index contributed by atoms with van der Waals surface area (Å²) in [5.41, 5.74) is 15.9. The van der Waals surface area contributed by atoms with E-state index in [9.17, 15) is 5.11 Å².